The molecule has 0 amide bonds. The van der Waals surface area contributed by atoms with Crippen molar-refractivity contribution in [2.45, 2.75) is 12.5 Å². The molecule has 1 atom stereocenters. The Hall–Kier alpha value is -3.22. The van der Waals surface area contributed by atoms with E-state index in [0.717, 1.165) is 11.3 Å². The van der Waals surface area contributed by atoms with Crippen LogP contribution in [-0.4, -0.2) is 45.7 Å². The molecule has 1 heterocycles. The molecular formula is C20H21NO6. The van der Waals surface area contributed by atoms with Gasteiger partial charge in [0.05, 0.1) is 32.6 Å². The van der Waals surface area contributed by atoms with Crippen LogP contribution in [0.25, 0.3) is 0 Å². The zero-order chi connectivity index (χ0) is 19.2. The van der Waals surface area contributed by atoms with Gasteiger partial charge in [-0.25, -0.2) is 4.79 Å². The van der Waals surface area contributed by atoms with Gasteiger partial charge in [0.25, 0.3) is 0 Å². The molecule has 2 aromatic rings. The third-order valence-electron chi connectivity index (χ3n) is 4.14. The van der Waals surface area contributed by atoms with Gasteiger partial charge in [-0.2, -0.15) is 0 Å². The second kappa shape index (κ2) is 8.44. The van der Waals surface area contributed by atoms with Crippen LogP contribution in [0, 0.1) is 0 Å². The zero-order valence-electron chi connectivity index (χ0n) is 15.4. The average molecular weight is 371 g/mol. The summed E-state index contributed by atoms with van der Waals surface area (Å²) >= 11 is 0. The summed E-state index contributed by atoms with van der Waals surface area (Å²) in [4.78, 5) is 17.8. The molecule has 7 nitrogen and oxygen atoms in total. The minimum absolute atomic E-state index is 0.0926. The van der Waals surface area contributed by atoms with Crippen LogP contribution in [0.15, 0.2) is 47.6 Å². The van der Waals surface area contributed by atoms with E-state index < -0.39 is 5.97 Å². The Labute approximate surface area is 157 Å². The highest BCUT2D eigenvalue weighted by molar-refractivity contribution is 6.01. The van der Waals surface area contributed by atoms with Gasteiger partial charge in [-0.1, -0.05) is 35.5 Å². The summed E-state index contributed by atoms with van der Waals surface area (Å²) in [6.45, 7) is 0.0926. The lowest BCUT2D eigenvalue weighted by atomic mass is 10.1. The lowest BCUT2D eigenvalue weighted by molar-refractivity contribution is 0.00682. The standard InChI is InChI=1S/C20H21NO6/c1-23-17-9-14(10-18(24-2)19(17)25-3)20(22)26-12-15-11-16(21-27-15)13-7-5-4-6-8-13/h4-10,15H,11-12H2,1-3H3. The van der Waals surface area contributed by atoms with Gasteiger partial charge in [-0.05, 0) is 17.7 Å². The summed E-state index contributed by atoms with van der Waals surface area (Å²) in [5, 5.41) is 4.08. The van der Waals surface area contributed by atoms with Crippen molar-refractivity contribution in [2.75, 3.05) is 27.9 Å². The fourth-order valence-corrected chi connectivity index (χ4v) is 2.77. The molecule has 1 unspecified atom stereocenters. The molecule has 0 N–H and O–H groups in total. The third-order valence-corrected chi connectivity index (χ3v) is 4.14. The van der Waals surface area contributed by atoms with Crippen molar-refractivity contribution in [3.8, 4) is 17.2 Å². The molecule has 0 saturated heterocycles. The molecule has 2 aromatic carbocycles. The zero-order valence-corrected chi connectivity index (χ0v) is 15.4. The Balaban J connectivity index is 1.62. The first-order chi connectivity index (χ1) is 13.2. The second-order valence-corrected chi connectivity index (χ2v) is 5.85. The number of ether oxygens (including phenoxy) is 4. The quantitative estimate of drug-likeness (QED) is 0.697. The maximum absolute atomic E-state index is 12.4. The van der Waals surface area contributed by atoms with E-state index in [1.807, 2.05) is 30.3 Å². The van der Waals surface area contributed by atoms with E-state index in [0.29, 0.717) is 29.2 Å². The van der Waals surface area contributed by atoms with Crippen LogP contribution < -0.4 is 14.2 Å². The molecule has 7 heteroatoms. The van der Waals surface area contributed by atoms with Crippen LogP contribution in [0.5, 0.6) is 17.2 Å². The van der Waals surface area contributed by atoms with Crippen LogP contribution in [0.2, 0.25) is 0 Å². The van der Waals surface area contributed by atoms with Crippen LogP contribution in [0.1, 0.15) is 22.3 Å². The molecule has 3 rings (SSSR count). The lowest BCUT2D eigenvalue weighted by Gasteiger charge is -2.14. The molecule has 27 heavy (non-hydrogen) atoms. The van der Waals surface area contributed by atoms with E-state index >= 15 is 0 Å². The number of oxime groups is 1. The normalized spacial score (nSPS) is 15.5. The van der Waals surface area contributed by atoms with Gasteiger partial charge in [0.2, 0.25) is 5.75 Å². The lowest BCUT2D eigenvalue weighted by Crippen LogP contribution is -2.19. The highest BCUT2D eigenvalue weighted by atomic mass is 16.7. The predicted octanol–water partition coefficient (Wildman–Crippen LogP) is 3.06. The fraction of sp³-hybridized carbons (Fsp3) is 0.300. The first-order valence-corrected chi connectivity index (χ1v) is 8.41. The van der Waals surface area contributed by atoms with Gasteiger partial charge in [-0.15, -0.1) is 0 Å². The first kappa shape index (κ1) is 18.6. The smallest absolute Gasteiger partial charge is 0.338 e. The predicted molar refractivity (Wildman–Crippen MR) is 98.8 cm³/mol. The van der Waals surface area contributed by atoms with E-state index in [4.69, 9.17) is 23.8 Å². The van der Waals surface area contributed by atoms with Crippen molar-refractivity contribution in [3.63, 3.8) is 0 Å². The first-order valence-electron chi connectivity index (χ1n) is 8.41. The maximum Gasteiger partial charge on any atom is 0.338 e. The van der Waals surface area contributed by atoms with Crippen molar-refractivity contribution >= 4 is 11.7 Å². The fourth-order valence-electron chi connectivity index (χ4n) is 2.77. The highest BCUT2D eigenvalue weighted by Crippen LogP contribution is 2.38. The van der Waals surface area contributed by atoms with E-state index in [1.165, 1.54) is 21.3 Å². The molecule has 0 aliphatic carbocycles. The Morgan fingerprint density at radius 1 is 1.07 bits per heavy atom. The van der Waals surface area contributed by atoms with Gasteiger partial charge in [0, 0.05) is 6.42 Å². The van der Waals surface area contributed by atoms with E-state index in [1.54, 1.807) is 12.1 Å². The van der Waals surface area contributed by atoms with E-state index in [9.17, 15) is 4.79 Å². The van der Waals surface area contributed by atoms with Crippen LogP contribution in [0.3, 0.4) is 0 Å². The van der Waals surface area contributed by atoms with Crippen molar-refractivity contribution in [3.05, 3.63) is 53.6 Å². The Morgan fingerprint density at radius 3 is 2.33 bits per heavy atom. The van der Waals surface area contributed by atoms with Gasteiger partial charge in [0.1, 0.15) is 6.61 Å². The number of esters is 1. The summed E-state index contributed by atoms with van der Waals surface area (Å²) in [6, 6.07) is 12.8. The summed E-state index contributed by atoms with van der Waals surface area (Å²) in [7, 11) is 4.47. The summed E-state index contributed by atoms with van der Waals surface area (Å²) in [5.41, 5.74) is 2.13. The maximum atomic E-state index is 12.4. The van der Waals surface area contributed by atoms with Crippen molar-refractivity contribution in [1.29, 1.82) is 0 Å². The second-order valence-electron chi connectivity index (χ2n) is 5.85. The number of hydrogen-bond donors (Lipinski definition) is 0. The summed E-state index contributed by atoms with van der Waals surface area (Å²) in [5.74, 6) is 0.675. The van der Waals surface area contributed by atoms with Crippen molar-refractivity contribution < 1.29 is 28.6 Å². The highest BCUT2D eigenvalue weighted by Gasteiger charge is 2.25. The van der Waals surface area contributed by atoms with E-state index in [-0.39, 0.29) is 12.7 Å². The third kappa shape index (κ3) is 4.13. The number of carbonyl (C=O) groups is 1. The number of benzene rings is 2. The average Bonchev–Trinajstić information content (AvgIpc) is 3.20. The molecule has 142 valence electrons. The molecule has 0 fully saturated rings. The molecule has 0 radical (unpaired) electrons. The van der Waals surface area contributed by atoms with Gasteiger partial charge >= 0.3 is 5.97 Å². The van der Waals surface area contributed by atoms with Gasteiger partial charge in [-0.3, -0.25) is 0 Å². The Bertz CT molecular complexity index is 809. The number of rotatable bonds is 7. The Morgan fingerprint density at radius 2 is 1.74 bits per heavy atom. The number of carbonyl (C=O) groups excluding carboxylic acids is 1. The van der Waals surface area contributed by atoms with Gasteiger partial charge < -0.3 is 23.8 Å². The number of hydrogen-bond acceptors (Lipinski definition) is 7. The van der Waals surface area contributed by atoms with Gasteiger partial charge in [0.15, 0.2) is 17.6 Å². The van der Waals surface area contributed by atoms with E-state index in [2.05, 4.69) is 5.16 Å². The van der Waals surface area contributed by atoms with Crippen molar-refractivity contribution in [1.82, 2.24) is 0 Å². The van der Waals surface area contributed by atoms with Crippen LogP contribution >= 0.6 is 0 Å². The molecule has 1 aliphatic rings. The molecule has 1 aliphatic heterocycles. The van der Waals surface area contributed by atoms with Crippen LogP contribution in [-0.2, 0) is 9.57 Å². The molecule has 0 saturated carbocycles. The molecule has 0 spiro atoms. The Kier molecular flexibility index (Phi) is 5.80. The van der Waals surface area contributed by atoms with Crippen LogP contribution in [0.4, 0.5) is 0 Å². The summed E-state index contributed by atoms with van der Waals surface area (Å²) in [6.07, 6.45) is 0.262. The summed E-state index contributed by atoms with van der Waals surface area (Å²) < 4.78 is 21.1. The minimum Gasteiger partial charge on any atom is -0.493 e. The SMILES string of the molecule is COc1cc(C(=O)OCC2CC(c3ccccc3)=NO2)cc(OC)c1OC. The monoisotopic (exact) mass is 371 g/mol. The number of methoxy groups -OCH3 is 3. The minimum atomic E-state index is -0.508. The molecular weight excluding hydrogens is 350 g/mol. The largest absolute Gasteiger partial charge is 0.493 e. The van der Waals surface area contributed by atoms with Crippen molar-refractivity contribution in [2.24, 2.45) is 5.16 Å². The topological polar surface area (TPSA) is 75.6 Å². The molecule has 0 bridgehead atoms. The molecule has 0 aromatic heterocycles. The number of nitrogens with zero attached hydrogens (tertiary/aromatic N) is 1.